The van der Waals surface area contributed by atoms with Gasteiger partial charge in [0.2, 0.25) is 0 Å². The quantitative estimate of drug-likeness (QED) is 0.794. The Morgan fingerprint density at radius 1 is 1.50 bits per heavy atom. The number of primary amides is 1. The first-order chi connectivity index (χ1) is 8.68. The second kappa shape index (κ2) is 3.87. The molecule has 2 heterocycles. The Labute approximate surface area is 104 Å². The Hall–Kier alpha value is -2.30. The van der Waals surface area contributed by atoms with E-state index in [0.29, 0.717) is 18.7 Å². The number of fused-ring (bicyclic) bond motifs is 3. The van der Waals surface area contributed by atoms with Crippen LogP contribution >= 0.6 is 0 Å². The number of ether oxygens (including phenoxy) is 1. The van der Waals surface area contributed by atoms with Gasteiger partial charge in [0.05, 0.1) is 12.3 Å². The smallest absolute Gasteiger partial charge is 0.267 e. The fourth-order valence-electron chi connectivity index (χ4n) is 2.32. The maximum atomic E-state index is 11.3. The summed E-state index contributed by atoms with van der Waals surface area (Å²) in [7, 11) is 0. The normalized spacial score (nSPS) is 13.2. The van der Waals surface area contributed by atoms with Crippen molar-refractivity contribution in [3.8, 4) is 17.0 Å². The molecule has 0 saturated carbocycles. The van der Waals surface area contributed by atoms with Crippen molar-refractivity contribution in [2.45, 2.75) is 13.3 Å². The van der Waals surface area contributed by atoms with Gasteiger partial charge < -0.3 is 10.5 Å². The summed E-state index contributed by atoms with van der Waals surface area (Å²) in [5, 5.41) is 6.94. The number of amides is 1. The van der Waals surface area contributed by atoms with Gasteiger partial charge in [0.15, 0.2) is 0 Å². The highest BCUT2D eigenvalue weighted by Gasteiger charge is 2.24. The lowest BCUT2D eigenvalue weighted by Gasteiger charge is -2.09. The van der Waals surface area contributed by atoms with Gasteiger partial charge in [-0.1, -0.05) is 12.1 Å². The highest BCUT2D eigenvalue weighted by atomic mass is 16.5. The van der Waals surface area contributed by atoms with Gasteiger partial charge in [0.25, 0.3) is 5.91 Å². The maximum Gasteiger partial charge on any atom is 0.267 e. The van der Waals surface area contributed by atoms with Crippen molar-refractivity contribution in [3.63, 3.8) is 0 Å². The standard InChI is InChI=1S/C13H13N3O2/c1-7-3-2-4-9-10-8(5-6-18-12(7)9)11(13(14)17)16-15-10/h2-4H,5-6H2,1H3,(H2,14,17)(H,15,16). The van der Waals surface area contributed by atoms with Gasteiger partial charge in [0.1, 0.15) is 11.4 Å². The van der Waals surface area contributed by atoms with Crippen LogP contribution in [0.3, 0.4) is 0 Å². The van der Waals surface area contributed by atoms with Gasteiger partial charge in [0, 0.05) is 17.5 Å². The average Bonchev–Trinajstić information content (AvgIpc) is 2.67. The van der Waals surface area contributed by atoms with Crippen molar-refractivity contribution in [3.05, 3.63) is 35.0 Å². The van der Waals surface area contributed by atoms with Crippen LogP contribution in [0.1, 0.15) is 21.6 Å². The molecule has 1 aliphatic heterocycles. The minimum atomic E-state index is -0.486. The molecule has 0 fully saturated rings. The van der Waals surface area contributed by atoms with Gasteiger partial charge in [-0.3, -0.25) is 9.89 Å². The molecule has 0 atom stereocenters. The van der Waals surface area contributed by atoms with Crippen molar-refractivity contribution in [1.82, 2.24) is 10.2 Å². The lowest BCUT2D eigenvalue weighted by Crippen LogP contribution is -2.14. The van der Waals surface area contributed by atoms with E-state index >= 15 is 0 Å². The fraction of sp³-hybridized carbons (Fsp3) is 0.231. The molecular formula is C13H13N3O2. The van der Waals surface area contributed by atoms with Crippen molar-refractivity contribution in [2.75, 3.05) is 6.61 Å². The number of hydrogen-bond acceptors (Lipinski definition) is 3. The van der Waals surface area contributed by atoms with Crippen LogP contribution in [0.5, 0.6) is 5.75 Å². The molecule has 0 bridgehead atoms. The summed E-state index contributed by atoms with van der Waals surface area (Å²) in [6, 6.07) is 5.88. The number of rotatable bonds is 1. The van der Waals surface area contributed by atoms with E-state index in [1.54, 1.807) is 0 Å². The first-order valence-electron chi connectivity index (χ1n) is 5.78. The minimum absolute atomic E-state index is 0.378. The summed E-state index contributed by atoms with van der Waals surface area (Å²) < 4.78 is 5.75. The molecule has 0 aliphatic carbocycles. The Balaban J connectivity index is 2.26. The van der Waals surface area contributed by atoms with E-state index in [4.69, 9.17) is 10.5 Å². The van der Waals surface area contributed by atoms with Crippen molar-refractivity contribution in [2.24, 2.45) is 5.73 Å². The molecule has 2 aromatic rings. The van der Waals surface area contributed by atoms with Crippen LogP contribution in [0.15, 0.2) is 18.2 Å². The summed E-state index contributed by atoms with van der Waals surface area (Å²) in [5.74, 6) is 0.346. The molecular weight excluding hydrogens is 230 g/mol. The second-order valence-corrected chi connectivity index (χ2v) is 4.34. The Bertz CT molecular complexity index is 631. The number of para-hydroxylation sites is 1. The van der Waals surface area contributed by atoms with Gasteiger partial charge in [-0.15, -0.1) is 0 Å². The molecule has 1 aromatic heterocycles. The highest BCUT2D eigenvalue weighted by Crippen LogP contribution is 2.37. The van der Waals surface area contributed by atoms with E-state index in [0.717, 1.165) is 28.1 Å². The number of carbonyl (C=O) groups is 1. The summed E-state index contributed by atoms with van der Waals surface area (Å²) >= 11 is 0. The second-order valence-electron chi connectivity index (χ2n) is 4.34. The van der Waals surface area contributed by atoms with Crippen molar-refractivity contribution < 1.29 is 9.53 Å². The molecule has 5 nitrogen and oxygen atoms in total. The van der Waals surface area contributed by atoms with Gasteiger partial charge in [-0.25, -0.2) is 0 Å². The predicted molar refractivity (Wildman–Crippen MR) is 66.5 cm³/mol. The Morgan fingerprint density at radius 3 is 3.11 bits per heavy atom. The predicted octanol–water partition coefficient (Wildman–Crippen LogP) is 1.42. The number of aryl methyl sites for hydroxylation is 1. The van der Waals surface area contributed by atoms with Crippen LogP contribution < -0.4 is 10.5 Å². The van der Waals surface area contributed by atoms with Crippen LogP contribution in [-0.2, 0) is 6.42 Å². The summed E-state index contributed by atoms with van der Waals surface area (Å²) in [6.07, 6.45) is 0.623. The zero-order valence-corrected chi connectivity index (χ0v) is 9.99. The van der Waals surface area contributed by atoms with Crippen LogP contribution in [0.4, 0.5) is 0 Å². The van der Waals surface area contributed by atoms with Crippen molar-refractivity contribution >= 4 is 5.91 Å². The maximum absolute atomic E-state index is 11.3. The average molecular weight is 243 g/mol. The number of hydrogen-bond donors (Lipinski definition) is 2. The number of benzene rings is 1. The molecule has 1 amide bonds. The van der Waals surface area contributed by atoms with E-state index < -0.39 is 5.91 Å². The molecule has 3 N–H and O–H groups in total. The summed E-state index contributed by atoms with van der Waals surface area (Å²) in [6.45, 7) is 2.51. The summed E-state index contributed by atoms with van der Waals surface area (Å²) in [4.78, 5) is 11.3. The number of nitrogens with one attached hydrogen (secondary N) is 1. The number of aromatic amines is 1. The van der Waals surface area contributed by atoms with Crippen LogP contribution in [-0.4, -0.2) is 22.7 Å². The Kier molecular flexibility index (Phi) is 2.33. The summed E-state index contributed by atoms with van der Waals surface area (Å²) in [5.41, 5.74) is 9.28. The van der Waals surface area contributed by atoms with Gasteiger partial charge >= 0.3 is 0 Å². The third-order valence-electron chi connectivity index (χ3n) is 3.18. The number of H-pyrrole nitrogens is 1. The molecule has 92 valence electrons. The molecule has 18 heavy (non-hydrogen) atoms. The first kappa shape index (κ1) is 10.8. The van der Waals surface area contributed by atoms with E-state index in [2.05, 4.69) is 10.2 Å². The molecule has 0 unspecified atom stereocenters. The number of nitrogens with two attached hydrogens (primary N) is 1. The zero-order valence-electron chi connectivity index (χ0n) is 9.99. The molecule has 5 heteroatoms. The van der Waals surface area contributed by atoms with E-state index in [1.807, 2.05) is 25.1 Å². The first-order valence-corrected chi connectivity index (χ1v) is 5.78. The monoisotopic (exact) mass is 243 g/mol. The largest absolute Gasteiger partial charge is 0.492 e. The zero-order chi connectivity index (χ0) is 12.7. The lowest BCUT2D eigenvalue weighted by atomic mass is 10.0. The number of aromatic nitrogens is 2. The number of nitrogens with zero attached hydrogens (tertiary/aromatic N) is 1. The highest BCUT2D eigenvalue weighted by molar-refractivity contribution is 5.94. The molecule has 0 spiro atoms. The number of carbonyl (C=O) groups excluding carboxylic acids is 1. The third kappa shape index (κ3) is 1.48. The lowest BCUT2D eigenvalue weighted by molar-refractivity contribution is 0.0994. The van der Waals surface area contributed by atoms with E-state index in [9.17, 15) is 4.79 Å². The molecule has 1 aliphatic rings. The van der Waals surface area contributed by atoms with E-state index in [-0.39, 0.29) is 0 Å². The van der Waals surface area contributed by atoms with Gasteiger partial charge in [-0.05, 0) is 18.6 Å². The molecule has 0 saturated heterocycles. The van der Waals surface area contributed by atoms with Crippen LogP contribution in [0.2, 0.25) is 0 Å². The molecule has 1 aromatic carbocycles. The fourth-order valence-corrected chi connectivity index (χ4v) is 2.32. The Morgan fingerprint density at radius 2 is 2.33 bits per heavy atom. The van der Waals surface area contributed by atoms with Crippen LogP contribution in [0, 0.1) is 6.92 Å². The molecule has 3 rings (SSSR count). The van der Waals surface area contributed by atoms with E-state index in [1.165, 1.54) is 0 Å². The minimum Gasteiger partial charge on any atom is -0.492 e. The molecule has 0 radical (unpaired) electrons. The topological polar surface area (TPSA) is 81.0 Å². The SMILES string of the molecule is Cc1cccc2c1OCCc1c-2n[nH]c1C(N)=O. The van der Waals surface area contributed by atoms with Crippen molar-refractivity contribution in [1.29, 1.82) is 0 Å². The van der Waals surface area contributed by atoms with Crippen LogP contribution in [0.25, 0.3) is 11.3 Å². The van der Waals surface area contributed by atoms with Gasteiger partial charge in [-0.2, -0.15) is 5.10 Å². The third-order valence-corrected chi connectivity index (χ3v) is 3.18.